The highest BCUT2D eigenvalue weighted by atomic mass is 32.1. The summed E-state index contributed by atoms with van der Waals surface area (Å²) in [5.41, 5.74) is 0. The number of ether oxygens (including phenoxy) is 1. The second kappa shape index (κ2) is 6.93. The quantitative estimate of drug-likeness (QED) is 0.566. The minimum absolute atomic E-state index is 0.129. The van der Waals surface area contributed by atoms with E-state index in [1.807, 2.05) is 13.8 Å². The Kier molecular flexibility index (Phi) is 5.85. The predicted octanol–water partition coefficient (Wildman–Crippen LogP) is 3.00. The SMILES string of the molecule is CCOc1cc(OP(=O)(OC)C(C)=S)nc(CC)n1. The smallest absolute Gasteiger partial charge is 0.418 e. The molecule has 1 rings (SSSR count). The van der Waals surface area contributed by atoms with Crippen molar-refractivity contribution in [2.75, 3.05) is 13.7 Å². The molecular weight excluding hydrogens is 287 g/mol. The number of aromatic nitrogens is 2. The maximum atomic E-state index is 12.2. The van der Waals surface area contributed by atoms with Gasteiger partial charge in [-0.2, -0.15) is 9.97 Å². The first kappa shape index (κ1) is 16.0. The number of nitrogens with zero attached hydrogens (tertiary/aromatic N) is 2. The van der Waals surface area contributed by atoms with Crippen molar-refractivity contribution in [1.82, 2.24) is 9.97 Å². The number of thiocarbonyl (C=S) groups is 1. The first-order valence-electron chi connectivity index (χ1n) is 5.82. The van der Waals surface area contributed by atoms with E-state index in [-0.39, 0.29) is 10.5 Å². The standard InChI is InChI=1S/C11H17N2O4PS/c1-5-9-12-10(16-6-2)7-11(13-9)17-18(14,15-4)8(3)19/h7H,5-6H2,1-4H3. The normalized spacial score (nSPS) is 13.7. The minimum Gasteiger partial charge on any atom is -0.478 e. The first-order chi connectivity index (χ1) is 8.95. The van der Waals surface area contributed by atoms with Crippen molar-refractivity contribution in [1.29, 1.82) is 0 Å². The van der Waals surface area contributed by atoms with Crippen LogP contribution >= 0.6 is 19.8 Å². The molecule has 0 saturated heterocycles. The van der Waals surface area contributed by atoms with Gasteiger partial charge in [0.15, 0.2) is 0 Å². The number of hydrogen-bond acceptors (Lipinski definition) is 7. The summed E-state index contributed by atoms with van der Waals surface area (Å²) in [6, 6.07) is 1.46. The van der Waals surface area contributed by atoms with Gasteiger partial charge in [-0.1, -0.05) is 19.1 Å². The largest absolute Gasteiger partial charge is 0.478 e. The summed E-state index contributed by atoms with van der Waals surface area (Å²) in [6.45, 7) is 5.71. The summed E-state index contributed by atoms with van der Waals surface area (Å²) in [4.78, 5) is 8.29. The molecule has 0 fully saturated rings. The van der Waals surface area contributed by atoms with Gasteiger partial charge in [0.05, 0.1) is 12.7 Å². The van der Waals surface area contributed by atoms with Crippen LogP contribution in [0.2, 0.25) is 0 Å². The van der Waals surface area contributed by atoms with Crippen LogP contribution in [-0.4, -0.2) is 28.3 Å². The molecule has 1 aromatic rings. The van der Waals surface area contributed by atoms with Crippen molar-refractivity contribution in [3.63, 3.8) is 0 Å². The topological polar surface area (TPSA) is 70.5 Å². The fourth-order valence-corrected chi connectivity index (χ4v) is 2.36. The molecule has 0 saturated carbocycles. The molecule has 19 heavy (non-hydrogen) atoms. The summed E-state index contributed by atoms with van der Waals surface area (Å²) in [5.74, 6) is 1.03. The fraction of sp³-hybridized carbons (Fsp3) is 0.545. The first-order valence-corrected chi connectivity index (χ1v) is 7.77. The van der Waals surface area contributed by atoms with Gasteiger partial charge < -0.3 is 9.26 Å². The molecule has 1 heterocycles. The summed E-state index contributed by atoms with van der Waals surface area (Å²) < 4.78 is 27.8. The third kappa shape index (κ3) is 4.23. The third-order valence-electron chi connectivity index (χ3n) is 2.17. The zero-order valence-electron chi connectivity index (χ0n) is 11.4. The van der Waals surface area contributed by atoms with Gasteiger partial charge in [0.2, 0.25) is 11.8 Å². The molecule has 1 atom stereocenters. The van der Waals surface area contributed by atoms with Crippen LogP contribution in [0.25, 0.3) is 0 Å². The fourth-order valence-electron chi connectivity index (χ4n) is 1.23. The van der Waals surface area contributed by atoms with Crippen molar-refractivity contribution in [3.05, 3.63) is 11.9 Å². The van der Waals surface area contributed by atoms with Crippen LogP contribution in [-0.2, 0) is 15.5 Å². The van der Waals surface area contributed by atoms with Gasteiger partial charge in [-0.25, -0.2) is 4.57 Å². The molecule has 106 valence electrons. The zero-order valence-corrected chi connectivity index (χ0v) is 13.1. The highest BCUT2D eigenvalue weighted by Gasteiger charge is 2.28. The van der Waals surface area contributed by atoms with Crippen LogP contribution in [0.1, 0.15) is 26.6 Å². The van der Waals surface area contributed by atoms with Crippen LogP contribution < -0.4 is 9.26 Å². The summed E-state index contributed by atoms with van der Waals surface area (Å²) in [7, 11) is -2.20. The second-order valence-electron chi connectivity index (χ2n) is 3.54. The lowest BCUT2D eigenvalue weighted by atomic mass is 10.4. The Hall–Kier alpha value is -1.04. The average Bonchev–Trinajstić information content (AvgIpc) is 2.38. The molecule has 1 unspecified atom stereocenters. The highest BCUT2D eigenvalue weighted by molar-refractivity contribution is 7.97. The van der Waals surface area contributed by atoms with E-state index in [9.17, 15) is 4.57 Å². The molecule has 0 aromatic carbocycles. The van der Waals surface area contributed by atoms with Crippen molar-refractivity contribution in [2.24, 2.45) is 0 Å². The van der Waals surface area contributed by atoms with E-state index in [1.165, 1.54) is 20.1 Å². The van der Waals surface area contributed by atoms with Gasteiger partial charge >= 0.3 is 7.60 Å². The Morgan fingerprint density at radius 2 is 2.00 bits per heavy atom. The van der Waals surface area contributed by atoms with E-state index in [4.69, 9.17) is 26.0 Å². The average molecular weight is 304 g/mol. The van der Waals surface area contributed by atoms with Gasteiger partial charge in [0, 0.05) is 13.5 Å². The lowest BCUT2D eigenvalue weighted by Crippen LogP contribution is -2.06. The minimum atomic E-state index is -3.48. The van der Waals surface area contributed by atoms with Crippen LogP contribution in [0.15, 0.2) is 6.07 Å². The highest BCUT2D eigenvalue weighted by Crippen LogP contribution is 2.48. The van der Waals surface area contributed by atoms with Gasteiger partial charge in [0.25, 0.3) is 0 Å². The van der Waals surface area contributed by atoms with E-state index in [0.29, 0.717) is 24.7 Å². The number of hydrogen-bond donors (Lipinski definition) is 0. The van der Waals surface area contributed by atoms with Gasteiger partial charge in [-0.3, -0.25) is 4.52 Å². The second-order valence-corrected chi connectivity index (χ2v) is 6.67. The van der Waals surface area contributed by atoms with E-state index in [2.05, 4.69) is 9.97 Å². The van der Waals surface area contributed by atoms with Crippen LogP contribution in [0.5, 0.6) is 11.8 Å². The molecule has 8 heteroatoms. The maximum Gasteiger partial charge on any atom is 0.418 e. The Labute approximate surface area is 118 Å². The molecular formula is C11H17N2O4PS. The van der Waals surface area contributed by atoms with Crippen LogP contribution in [0.3, 0.4) is 0 Å². The molecule has 1 aromatic heterocycles. The van der Waals surface area contributed by atoms with Crippen LogP contribution in [0, 0.1) is 0 Å². The van der Waals surface area contributed by atoms with Crippen molar-refractivity contribution >= 4 is 24.4 Å². The van der Waals surface area contributed by atoms with E-state index >= 15 is 0 Å². The monoisotopic (exact) mass is 304 g/mol. The molecule has 0 spiro atoms. The third-order valence-corrected chi connectivity index (χ3v) is 4.52. The zero-order chi connectivity index (χ0) is 14.5. The molecule has 0 N–H and O–H groups in total. The summed E-state index contributed by atoms with van der Waals surface area (Å²) in [6.07, 6.45) is 0.602. The van der Waals surface area contributed by atoms with E-state index in [0.717, 1.165) is 0 Å². The maximum absolute atomic E-state index is 12.2. The van der Waals surface area contributed by atoms with Crippen molar-refractivity contribution < 1.29 is 18.3 Å². The van der Waals surface area contributed by atoms with Crippen LogP contribution in [0.4, 0.5) is 0 Å². The van der Waals surface area contributed by atoms with Gasteiger partial charge in [-0.05, 0) is 13.8 Å². The van der Waals surface area contributed by atoms with E-state index in [1.54, 1.807) is 0 Å². The molecule has 6 nitrogen and oxygen atoms in total. The van der Waals surface area contributed by atoms with Crippen molar-refractivity contribution in [3.8, 4) is 11.8 Å². The Morgan fingerprint density at radius 1 is 1.37 bits per heavy atom. The molecule has 0 aliphatic carbocycles. The molecule has 0 bridgehead atoms. The molecule has 0 radical (unpaired) electrons. The number of aryl methyl sites for hydroxylation is 1. The summed E-state index contributed by atoms with van der Waals surface area (Å²) >= 11 is 4.89. The Morgan fingerprint density at radius 3 is 2.47 bits per heavy atom. The van der Waals surface area contributed by atoms with E-state index < -0.39 is 7.60 Å². The van der Waals surface area contributed by atoms with Crippen molar-refractivity contribution in [2.45, 2.75) is 27.2 Å². The lowest BCUT2D eigenvalue weighted by Gasteiger charge is -2.16. The predicted molar refractivity (Wildman–Crippen MR) is 76.1 cm³/mol. The lowest BCUT2D eigenvalue weighted by molar-refractivity contribution is 0.316. The van der Waals surface area contributed by atoms with Gasteiger partial charge in [0.1, 0.15) is 10.4 Å². The van der Waals surface area contributed by atoms with Gasteiger partial charge in [-0.15, -0.1) is 0 Å². The number of rotatable bonds is 7. The molecule has 0 aliphatic rings. The molecule has 0 amide bonds. The Bertz CT molecular complexity index is 509. The Balaban J connectivity index is 3.09. The molecule has 0 aliphatic heterocycles. The summed E-state index contributed by atoms with van der Waals surface area (Å²) in [5, 5.41) is 0.